The highest BCUT2D eigenvalue weighted by molar-refractivity contribution is 5.22. The minimum Gasteiger partial charge on any atom is -0.367 e. The fourth-order valence-electron chi connectivity index (χ4n) is 1.84. The molecule has 0 fully saturated rings. The SMILES string of the molecule is CNC(C)Cc1noc(C(OC)c2ccccc2)n1. The van der Waals surface area contributed by atoms with Crippen molar-refractivity contribution in [2.24, 2.45) is 0 Å². The van der Waals surface area contributed by atoms with Crippen molar-refractivity contribution >= 4 is 0 Å². The van der Waals surface area contributed by atoms with E-state index in [4.69, 9.17) is 9.26 Å². The number of rotatable bonds is 6. The minimum absolute atomic E-state index is 0.308. The lowest BCUT2D eigenvalue weighted by molar-refractivity contribution is 0.105. The lowest BCUT2D eigenvalue weighted by Crippen LogP contribution is -2.24. The van der Waals surface area contributed by atoms with Crippen molar-refractivity contribution in [2.75, 3.05) is 14.2 Å². The summed E-state index contributed by atoms with van der Waals surface area (Å²) < 4.78 is 10.8. The van der Waals surface area contributed by atoms with Crippen LogP contribution in [0.15, 0.2) is 34.9 Å². The molecule has 19 heavy (non-hydrogen) atoms. The van der Waals surface area contributed by atoms with Crippen molar-refractivity contribution in [1.29, 1.82) is 0 Å². The number of hydrogen-bond acceptors (Lipinski definition) is 5. The molecule has 0 saturated heterocycles. The van der Waals surface area contributed by atoms with E-state index in [1.165, 1.54) is 0 Å². The van der Waals surface area contributed by atoms with Crippen molar-refractivity contribution in [2.45, 2.75) is 25.5 Å². The summed E-state index contributed by atoms with van der Waals surface area (Å²) in [5.74, 6) is 1.18. The number of ether oxygens (including phenoxy) is 1. The Bertz CT molecular complexity index is 498. The molecular weight excluding hydrogens is 242 g/mol. The highest BCUT2D eigenvalue weighted by atomic mass is 16.5. The van der Waals surface area contributed by atoms with E-state index >= 15 is 0 Å². The summed E-state index contributed by atoms with van der Waals surface area (Å²) >= 11 is 0. The second-order valence-electron chi connectivity index (χ2n) is 4.47. The maximum absolute atomic E-state index is 5.46. The molecule has 0 aliphatic rings. The van der Waals surface area contributed by atoms with Crippen LogP contribution in [0.3, 0.4) is 0 Å². The van der Waals surface area contributed by atoms with Crippen molar-refractivity contribution in [3.8, 4) is 0 Å². The smallest absolute Gasteiger partial charge is 0.260 e. The molecule has 0 aliphatic carbocycles. The van der Waals surface area contributed by atoms with E-state index < -0.39 is 0 Å². The maximum Gasteiger partial charge on any atom is 0.260 e. The van der Waals surface area contributed by atoms with Crippen LogP contribution in [0, 0.1) is 0 Å². The average molecular weight is 261 g/mol. The Morgan fingerprint density at radius 2 is 2.05 bits per heavy atom. The summed E-state index contributed by atoms with van der Waals surface area (Å²) in [6, 6.07) is 10.2. The van der Waals surface area contributed by atoms with Crippen LogP contribution in [0.25, 0.3) is 0 Å². The van der Waals surface area contributed by atoms with Gasteiger partial charge in [-0.1, -0.05) is 35.5 Å². The van der Waals surface area contributed by atoms with Gasteiger partial charge in [-0.05, 0) is 19.5 Å². The molecule has 5 nitrogen and oxygen atoms in total. The predicted octanol–water partition coefficient (Wildman–Crippen LogP) is 1.96. The van der Waals surface area contributed by atoms with Gasteiger partial charge in [0.25, 0.3) is 5.89 Å². The van der Waals surface area contributed by atoms with Crippen LogP contribution in [-0.4, -0.2) is 30.3 Å². The molecule has 0 amide bonds. The number of nitrogens with one attached hydrogen (secondary N) is 1. The van der Waals surface area contributed by atoms with Crippen LogP contribution in [0.5, 0.6) is 0 Å². The molecule has 0 saturated carbocycles. The fraction of sp³-hybridized carbons (Fsp3) is 0.429. The second-order valence-corrected chi connectivity index (χ2v) is 4.47. The molecule has 2 aromatic rings. The molecule has 0 spiro atoms. The Morgan fingerprint density at radius 3 is 2.68 bits per heavy atom. The maximum atomic E-state index is 5.46. The zero-order valence-corrected chi connectivity index (χ0v) is 11.5. The number of likely N-dealkylation sites (N-methyl/N-ethyl adjacent to an activating group) is 1. The van der Waals surface area contributed by atoms with E-state index in [1.54, 1.807) is 7.11 Å². The van der Waals surface area contributed by atoms with Crippen LogP contribution in [0.4, 0.5) is 0 Å². The molecule has 2 unspecified atom stereocenters. The standard InChI is InChI=1S/C14H19N3O2/c1-10(15-2)9-12-16-14(19-17-12)13(18-3)11-7-5-4-6-8-11/h4-8,10,13,15H,9H2,1-3H3. The molecule has 2 atom stereocenters. The van der Waals surface area contributed by atoms with E-state index in [0.29, 0.717) is 17.8 Å². The van der Waals surface area contributed by atoms with Crippen molar-refractivity contribution < 1.29 is 9.26 Å². The van der Waals surface area contributed by atoms with Gasteiger partial charge in [0, 0.05) is 19.6 Å². The highest BCUT2D eigenvalue weighted by Gasteiger charge is 2.20. The zero-order chi connectivity index (χ0) is 13.7. The average Bonchev–Trinajstić information content (AvgIpc) is 2.89. The van der Waals surface area contributed by atoms with Crippen LogP contribution < -0.4 is 5.32 Å². The quantitative estimate of drug-likeness (QED) is 0.861. The van der Waals surface area contributed by atoms with Gasteiger partial charge in [-0.2, -0.15) is 4.98 Å². The number of hydrogen-bond donors (Lipinski definition) is 1. The largest absolute Gasteiger partial charge is 0.367 e. The van der Waals surface area contributed by atoms with Gasteiger partial charge in [0.15, 0.2) is 11.9 Å². The summed E-state index contributed by atoms with van der Waals surface area (Å²) in [4.78, 5) is 4.40. The van der Waals surface area contributed by atoms with Gasteiger partial charge in [-0.25, -0.2) is 0 Å². The Labute approximate surface area is 113 Å². The lowest BCUT2D eigenvalue weighted by atomic mass is 10.1. The Balaban J connectivity index is 2.16. The first-order chi connectivity index (χ1) is 9.24. The summed E-state index contributed by atoms with van der Waals surface area (Å²) in [6.07, 6.45) is 0.415. The number of aromatic nitrogens is 2. The van der Waals surface area contributed by atoms with Crippen molar-refractivity contribution in [1.82, 2.24) is 15.5 Å². The van der Waals surface area contributed by atoms with Crippen LogP contribution >= 0.6 is 0 Å². The first-order valence-electron chi connectivity index (χ1n) is 6.32. The third-order valence-corrected chi connectivity index (χ3v) is 3.03. The lowest BCUT2D eigenvalue weighted by Gasteiger charge is -2.10. The van der Waals surface area contributed by atoms with E-state index in [9.17, 15) is 0 Å². The normalized spacial score (nSPS) is 14.3. The molecule has 1 heterocycles. The number of nitrogens with zero attached hydrogens (tertiary/aromatic N) is 2. The third kappa shape index (κ3) is 3.39. The van der Waals surface area contributed by atoms with Gasteiger partial charge >= 0.3 is 0 Å². The molecule has 0 radical (unpaired) electrons. The van der Waals surface area contributed by atoms with Crippen LogP contribution in [0.2, 0.25) is 0 Å². The first kappa shape index (κ1) is 13.7. The number of methoxy groups -OCH3 is 1. The molecule has 0 bridgehead atoms. The third-order valence-electron chi connectivity index (χ3n) is 3.03. The van der Waals surface area contributed by atoms with Gasteiger partial charge < -0.3 is 14.6 Å². The molecule has 0 aliphatic heterocycles. The molecule has 5 heteroatoms. The van der Waals surface area contributed by atoms with E-state index in [0.717, 1.165) is 12.0 Å². The van der Waals surface area contributed by atoms with Crippen molar-refractivity contribution in [3.63, 3.8) is 0 Å². The van der Waals surface area contributed by atoms with Gasteiger partial charge in [0.1, 0.15) is 0 Å². The molecule has 2 rings (SSSR count). The van der Waals surface area contributed by atoms with E-state index in [-0.39, 0.29) is 6.10 Å². The summed E-state index contributed by atoms with van der Waals surface area (Å²) in [6.45, 7) is 2.07. The van der Waals surface area contributed by atoms with E-state index in [1.807, 2.05) is 37.4 Å². The summed E-state index contributed by atoms with van der Waals surface area (Å²) in [7, 11) is 3.55. The monoisotopic (exact) mass is 261 g/mol. The molecule has 102 valence electrons. The zero-order valence-electron chi connectivity index (χ0n) is 11.5. The Kier molecular flexibility index (Phi) is 4.65. The summed E-state index contributed by atoms with van der Waals surface area (Å²) in [5.41, 5.74) is 1.00. The van der Waals surface area contributed by atoms with Crippen LogP contribution in [0.1, 0.15) is 30.3 Å². The van der Waals surface area contributed by atoms with Gasteiger partial charge in [-0.15, -0.1) is 0 Å². The molecule has 1 N–H and O–H groups in total. The van der Waals surface area contributed by atoms with Gasteiger partial charge in [0.05, 0.1) is 0 Å². The van der Waals surface area contributed by atoms with Crippen LogP contribution in [-0.2, 0) is 11.2 Å². The topological polar surface area (TPSA) is 60.2 Å². The first-order valence-corrected chi connectivity index (χ1v) is 6.32. The fourth-order valence-corrected chi connectivity index (χ4v) is 1.84. The predicted molar refractivity (Wildman–Crippen MR) is 71.8 cm³/mol. The Hall–Kier alpha value is -1.72. The second kappa shape index (κ2) is 6.45. The molecule has 1 aromatic carbocycles. The van der Waals surface area contributed by atoms with Crippen molar-refractivity contribution in [3.05, 3.63) is 47.6 Å². The molecular formula is C14H19N3O2. The summed E-state index contributed by atoms with van der Waals surface area (Å²) in [5, 5.41) is 7.14. The highest BCUT2D eigenvalue weighted by Crippen LogP contribution is 2.23. The molecule has 1 aromatic heterocycles. The van der Waals surface area contributed by atoms with E-state index in [2.05, 4.69) is 22.4 Å². The van der Waals surface area contributed by atoms with Gasteiger partial charge in [0.2, 0.25) is 0 Å². The minimum atomic E-state index is -0.313. The number of benzene rings is 1. The Morgan fingerprint density at radius 1 is 1.32 bits per heavy atom. The van der Waals surface area contributed by atoms with Gasteiger partial charge in [-0.3, -0.25) is 0 Å².